The number of benzene rings is 1. The number of Topliss-reactive ketones (excluding diaryl/α,β-unsaturated/α-hetero) is 1. The number of amides is 2. The topological polar surface area (TPSA) is 131 Å². The monoisotopic (exact) mass is 511 g/mol. The van der Waals surface area contributed by atoms with E-state index in [-0.39, 0.29) is 47.0 Å². The second-order valence-corrected chi connectivity index (χ2v) is 10.1. The molecule has 2 amide bonds. The average Bonchev–Trinajstić information content (AvgIpc) is 3.60. The van der Waals surface area contributed by atoms with Gasteiger partial charge in [0.1, 0.15) is 5.82 Å². The van der Waals surface area contributed by atoms with Crippen molar-refractivity contribution in [2.24, 2.45) is 11.7 Å². The normalized spacial score (nSPS) is 23.9. The molecule has 9 heteroatoms. The van der Waals surface area contributed by atoms with Crippen LogP contribution in [0.1, 0.15) is 69.6 Å². The lowest BCUT2D eigenvalue weighted by molar-refractivity contribution is 0.0923. The number of ketones is 1. The lowest BCUT2D eigenvalue weighted by Crippen LogP contribution is -2.50. The average molecular weight is 512 g/mol. The summed E-state index contributed by atoms with van der Waals surface area (Å²) in [4.78, 5) is 43.7. The molecule has 0 radical (unpaired) electrons. The number of pyridine rings is 1. The highest BCUT2D eigenvalue weighted by molar-refractivity contribution is 9.10. The van der Waals surface area contributed by atoms with Gasteiger partial charge >= 0.3 is 0 Å². The maximum absolute atomic E-state index is 12.9. The molecule has 1 saturated carbocycles. The summed E-state index contributed by atoms with van der Waals surface area (Å²) < 4.78 is 0.480. The van der Waals surface area contributed by atoms with Crippen LogP contribution in [0.5, 0.6) is 0 Å². The van der Waals surface area contributed by atoms with Crippen LogP contribution >= 0.6 is 15.9 Å². The van der Waals surface area contributed by atoms with E-state index in [2.05, 4.69) is 31.1 Å². The number of nitrogens with two attached hydrogens (primary N) is 2. The Balaban J connectivity index is 1.26. The van der Waals surface area contributed by atoms with Gasteiger partial charge in [-0.15, -0.1) is 0 Å². The van der Waals surface area contributed by atoms with Crippen molar-refractivity contribution in [2.45, 2.75) is 56.7 Å². The number of anilines is 2. The van der Waals surface area contributed by atoms with Crippen LogP contribution in [0.2, 0.25) is 0 Å². The first-order valence-corrected chi connectivity index (χ1v) is 12.1. The summed E-state index contributed by atoms with van der Waals surface area (Å²) in [6.45, 7) is 0. The van der Waals surface area contributed by atoms with Crippen LogP contribution in [0.3, 0.4) is 0 Å². The van der Waals surface area contributed by atoms with Gasteiger partial charge in [0, 0.05) is 46.0 Å². The first kappa shape index (κ1) is 21.9. The highest BCUT2D eigenvalue weighted by Gasteiger charge is 2.42. The number of rotatable bonds is 6. The van der Waals surface area contributed by atoms with Crippen LogP contribution in [0.4, 0.5) is 11.5 Å². The first-order chi connectivity index (χ1) is 15.8. The number of nitrogens with one attached hydrogen (secondary N) is 1. The van der Waals surface area contributed by atoms with E-state index >= 15 is 0 Å². The highest BCUT2D eigenvalue weighted by Crippen LogP contribution is 2.39. The number of nitrogens with zero attached hydrogens (tertiary/aromatic N) is 2. The number of hydrogen-bond donors (Lipinski definition) is 3. The number of carbonyl (C=O) groups is 3. The summed E-state index contributed by atoms with van der Waals surface area (Å²) >= 11 is 3.36. The molecule has 8 nitrogen and oxygen atoms in total. The Morgan fingerprint density at radius 1 is 1.03 bits per heavy atom. The Bertz CT molecular complexity index is 1120. The molecule has 2 saturated heterocycles. The third-order valence-electron chi connectivity index (χ3n) is 6.96. The summed E-state index contributed by atoms with van der Waals surface area (Å²) in [6, 6.07) is 7.44. The quantitative estimate of drug-likeness (QED) is 0.403. The van der Waals surface area contributed by atoms with Crippen LogP contribution in [0.15, 0.2) is 34.9 Å². The lowest BCUT2D eigenvalue weighted by Gasteiger charge is -2.40. The van der Waals surface area contributed by atoms with Crippen molar-refractivity contribution in [3.8, 4) is 0 Å². The van der Waals surface area contributed by atoms with Gasteiger partial charge in [-0.3, -0.25) is 14.4 Å². The summed E-state index contributed by atoms with van der Waals surface area (Å²) in [5.41, 5.74) is 12.7. The Morgan fingerprint density at radius 2 is 1.73 bits per heavy atom. The van der Waals surface area contributed by atoms with Gasteiger partial charge in [0.05, 0.1) is 11.1 Å². The second-order valence-electron chi connectivity index (χ2n) is 9.26. The zero-order valence-corrected chi connectivity index (χ0v) is 19.7. The van der Waals surface area contributed by atoms with E-state index in [0.717, 1.165) is 44.3 Å². The minimum Gasteiger partial charge on any atom is -0.398 e. The number of hydrogen-bond acceptors (Lipinski definition) is 6. The molecule has 1 aromatic carbocycles. The van der Waals surface area contributed by atoms with Crippen molar-refractivity contribution < 1.29 is 14.4 Å². The Morgan fingerprint density at radius 3 is 2.30 bits per heavy atom. The van der Waals surface area contributed by atoms with Crippen molar-refractivity contribution in [2.75, 3.05) is 10.6 Å². The maximum Gasteiger partial charge on any atom is 0.252 e. The van der Waals surface area contributed by atoms with Gasteiger partial charge in [-0.1, -0.05) is 0 Å². The van der Waals surface area contributed by atoms with Gasteiger partial charge in [0.25, 0.3) is 11.8 Å². The highest BCUT2D eigenvalue weighted by atomic mass is 79.9. The zero-order chi connectivity index (χ0) is 23.3. The van der Waals surface area contributed by atoms with Crippen molar-refractivity contribution in [3.05, 3.63) is 51.6 Å². The molecule has 5 rings (SSSR count). The van der Waals surface area contributed by atoms with Crippen molar-refractivity contribution >= 4 is 45.0 Å². The Hall–Kier alpha value is -2.94. The van der Waals surface area contributed by atoms with E-state index < -0.39 is 5.91 Å². The molecule has 5 N–H and O–H groups in total. The number of primary amides is 1. The second kappa shape index (κ2) is 8.44. The number of aromatic nitrogens is 1. The van der Waals surface area contributed by atoms with Crippen molar-refractivity contribution in [1.29, 1.82) is 0 Å². The summed E-state index contributed by atoms with van der Waals surface area (Å²) in [5.74, 6) is 0.424. The van der Waals surface area contributed by atoms with Crippen LogP contribution in [-0.2, 0) is 0 Å². The summed E-state index contributed by atoms with van der Waals surface area (Å²) in [6.07, 6.45) is 7.42. The fourth-order valence-electron chi connectivity index (χ4n) is 5.18. The Kier molecular flexibility index (Phi) is 5.60. The van der Waals surface area contributed by atoms with E-state index in [1.165, 1.54) is 12.1 Å². The first-order valence-electron chi connectivity index (χ1n) is 11.3. The van der Waals surface area contributed by atoms with E-state index in [1.807, 2.05) is 12.1 Å². The predicted molar refractivity (Wildman–Crippen MR) is 128 cm³/mol. The number of carbonyl (C=O) groups excluding carboxylic acids is 3. The molecule has 1 aliphatic carbocycles. The Labute approximate surface area is 200 Å². The number of piperidine rings is 1. The molecule has 1 aromatic heterocycles. The molecule has 172 valence electrons. The molecule has 2 bridgehead atoms. The lowest BCUT2D eigenvalue weighted by atomic mass is 9.96. The SMILES string of the molecule is NC(=O)c1cc(Br)c(C(=O)NC2C[C@H]3CC[C@@H](C2)N3c2ccc(C(=O)C3CC3)cn2)cc1N. The molecular weight excluding hydrogens is 486 g/mol. The van der Waals surface area contributed by atoms with Gasteiger partial charge in [-0.05, 0) is 78.7 Å². The molecule has 0 spiro atoms. The smallest absolute Gasteiger partial charge is 0.252 e. The third kappa shape index (κ3) is 4.21. The number of halogens is 1. The van der Waals surface area contributed by atoms with Crippen LogP contribution in [0, 0.1) is 5.92 Å². The molecule has 2 aliphatic heterocycles. The number of fused-ring (bicyclic) bond motifs is 2. The molecule has 3 aliphatic rings. The zero-order valence-electron chi connectivity index (χ0n) is 18.1. The van der Waals surface area contributed by atoms with Gasteiger partial charge in [-0.2, -0.15) is 0 Å². The molecular formula is C24H26BrN5O3. The predicted octanol–water partition coefficient (Wildman–Crippen LogP) is 3.05. The van der Waals surface area contributed by atoms with E-state index in [1.54, 1.807) is 6.20 Å². The minimum absolute atomic E-state index is 0.0332. The molecule has 33 heavy (non-hydrogen) atoms. The molecule has 3 atom stereocenters. The van der Waals surface area contributed by atoms with Crippen LogP contribution in [-0.4, -0.2) is 40.7 Å². The fourth-order valence-corrected chi connectivity index (χ4v) is 5.70. The van der Waals surface area contributed by atoms with Crippen LogP contribution < -0.4 is 21.7 Å². The standard InChI is InChI=1S/C24H26BrN5O3/c25-19-9-18(23(27)32)20(26)10-17(19)24(33)29-14-7-15-4-5-16(8-14)30(15)21-6-3-13(11-28-21)22(31)12-1-2-12/h3,6,9-12,14-16H,1-2,4-5,7-8,26H2,(H2,27,32)(H,29,33)/t14?,15-,16+. The van der Waals surface area contributed by atoms with E-state index in [4.69, 9.17) is 11.5 Å². The van der Waals surface area contributed by atoms with Crippen LogP contribution in [0.25, 0.3) is 0 Å². The largest absolute Gasteiger partial charge is 0.398 e. The van der Waals surface area contributed by atoms with Gasteiger partial charge < -0.3 is 21.7 Å². The maximum atomic E-state index is 12.9. The van der Waals surface area contributed by atoms with E-state index in [9.17, 15) is 14.4 Å². The molecule has 3 fully saturated rings. The van der Waals surface area contributed by atoms with Crippen molar-refractivity contribution in [1.82, 2.24) is 10.3 Å². The number of nitrogen functional groups attached to an aromatic ring is 1. The van der Waals surface area contributed by atoms with Crippen molar-refractivity contribution in [3.63, 3.8) is 0 Å². The summed E-state index contributed by atoms with van der Waals surface area (Å²) in [5, 5.41) is 3.14. The van der Waals surface area contributed by atoms with E-state index in [0.29, 0.717) is 15.6 Å². The fraction of sp³-hybridized carbons (Fsp3) is 0.417. The summed E-state index contributed by atoms with van der Waals surface area (Å²) in [7, 11) is 0. The molecule has 3 heterocycles. The van der Waals surface area contributed by atoms with Gasteiger partial charge in [0.2, 0.25) is 0 Å². The molecule has 2 aromatic rings. The minimum atomic E-state index is -0.636. The van der Waals surface area contributed by atoms with Gasteiger partial charge in [0.15, 0.2) is 5.78 Å². The third-order valence-corrected chi connectivity index (χ3v) is 7.62. The van der Waals surface area contributed by atoms with Gasteiger partial charge in [-0.25, -0.2) is 4.98 Å². The molecule has 1 unspecified atom stereocenters.